The third-order valence-corrected chi connectivity index (χ3v) is 4.72. The van der Waals surface area contributed by atoms with Crippen LogP contribution in [0.25, 0.3) is 0 Å². The molecule has 0 radical (unpaired) electrons. The second kappa shape index (κ2) is 4.52. The van der Waals surface area contributed by atoms with Crippen molar-refractivity contribution >= 4 is 25.7 Å². The average molecular weight is 304 g/mol. The minimum Gasteiger partial charge on any atom is -0.461 e. The lowest BCUT2D eigenvalue weighted by molar-refractivity contribution is 0.0473. The standard InChI is InChI=1S/C12H14ClNO4S/c13-19(16,17)10-5-11(14(6-10)9-3-4-9)12(15)18-7-8-1-2-8/h5-6,8-9H,1-4,7H2. The van der Waals surface area contributed by atoms with E-state index in [2.05, 4.69) is 0 Å². The normalized spacial score (nSPS) is 19.4. The lowest BCUT2D eigenvalue weighted by Gasteiger charge is -2.07. The van der Waals surface area contributed by atoms with Crippen LogP contribution in [0.5, 0.6) is 0 Å². The van der Waals surface area contributed by atoms with Crippen molar-refractivity contribution in [1.29, 1.82) is 0 Å². The van der Waals surface area contributed by atoms with Gasteiger partial charge in [-0.05, 0) is 37.7 Å². The Morgan fingerprint density at radius 3 is 2.58 bits per heavy atom. The van der Waals surface area contributed by atoms with E-state index in [1.807, 2.05) is 0 Å². The summed E-state index contributed by atoms with van der Waals surface area (Å²) in [6, 6.07) is 1.49. The van der Waals surface area contributed by atoms with Gasteiger partial charge < -0.3 is 9.30 Å². The van der Waals surface area contributed by atoms with Crippen LogP contribution in [0, 0.1) is 5.92 Å². The molecule has 1 aromatic rings. The van der Waals surface area contributed by atoms with Gasteiger partial charge in [-0.3, -0.25) is 0 Å². The summed E-state index contributed by atoms with van der Waals surface area (Å²) in [4.78, 5) is 11.9. The largest absolute Gasteiger partial charge is 0.461 e. The lowest BCUT2D eigenvalue weighted by Crippen LogP contribution is -2.12. The molecule has 2 aliphatic rings. The van der Waals surface area contributed by atoms with Crippen LogP contribution in [0.2, 0.25) is 0 Å². The third-order valence-electron chi connectivity index (χ3n) is 3.40. The molecule has 1 aromatic heterocycles. The van der Waals surface area contributed by atoms with E-state index in [1.54, 1.807) is 4.57 Å². The lowest BCUT2D eigenvalue weighted by atomic mass is 10.4. The molecule has 0 unspecified atom stereocenters. The van der Waals surface area contributed by atoms with E-state index in [4.69, 9.17) is 15.4 Å². The SMILES string of the molecule is O=C(OCC1CC1)c1cc(S(=O)(=O)Cl)cn1C1CC1. The first-order valence-electron chi connectivity index (χ1n) is 6.29. The number of carbonyl (C=O) groups is 1. The van der Waals surface area contributed by atoms with Crippen molar-refractivity contribution in [3.05, 3.63) is 18.0 Å². The number of hydrogen-bond acceptors (Lipinski definition) is 4. The van der Waals surface area contributed by atoms with Crippen molar-refractivity contribution in [3.8, 4) is 0 Å². The van der Waals surface area contributed by atoms with Crippen LogP contribution in [0.3, 0.4) is 0 Å². The Balaban J connectivity index is 1.85. The second-order valence-electron chi connectivity index (χ2n) is 5.18. The molecule has 1 heterocycles. The highest BCUT2D eigenvalue weighted by Crippen LogP contribution is 2.38. The van der Waals surface area contributed by atoms with Crippen molar-refractivity contribution in [2.75, 3.05) is 6.61 Å². The molecule has 7 heteroatoms. The first-order chi connectivity index (χ1) is 8.95. The van der Waals surface area contributed by atoms with Crippen LogP contribution >= 0.6 is 10.7 Å². The summed E-state index contributed by atoms with van der Waals surface area (Å²) in [5.74, 6) is 0.00915. The molecular formula is C12H14ClNO4S. The molecule has 0 amide bonds. The number of ether oxygens (including phenoxy) is 1. The zero-order valence-electron chi connectivity index (χ0n) is 10.2. The first-order valence-corrected chi connectivity index (χ1v) is 8.60. The Hall–Kier alpha value is -1.01. The molecule has 104 valence electrons. The van der Waals surface area contributed by atoms with E-state index < -0.39 is 15.0 Å². The van der Waals surface area contributed by atoms with Crippen LogP contribution in [0.1, 0.15) is 42.2 Å². The summed E-state index contributed by atoms with van der Waals surface area (Å²) >= 11 is 0. The van der Waals surface area contributed by atoms with Crippen LogP contribution in [-0.2, 0) is 13.8 Å². The summed E-state index contributed by atoms with van der Waals surface area (Å²) < 4.78 is 29.6. The van der Waals surface area contributed by atoms with Gasteiger partial charge in [-0.15, -0.1) is 0 Å². The zero-order chi connectivity index (χ0) is 13.6. The van der Waals surface area contributed by atoms with Crippen LogP contribution in [0.15, 0.2) is 17.2 Å². The highest BCUT2D eigenvalue weighted by atomic mass is 35.7. The van der Waals surface area contributed by atoms with Crippen LogP contribution in [0.4, 0.5) is 0 Å². The fourth-order valence-electron chi connectivity index (χ4n) is 1.96. The van der Waals surface area contributed by atoms with Crippen LogP contribution < -0.4 is 0 Å². The molecule has 0 aromatic carbocycles. The smallest absolute Gasteiger partial charge is 0.355 e. The fourth-order valence-corrected chi connectivity index (χ4v) is 2.70. The molecular weight excluding hydrogens is 290 g/mol. The molecule has 5 nitrogen and oxygen atoms in total. The number of carbonyl (C=O) groups excluding carboxylic acids is 1. The Kier molecular flexibility index (Phi) is 3.09. The van der Waals surface area contributed by atoms with Gasteiger partial charge in [0.1, 0.15) is 10.6 Å². The minimum atomic E-state index is -3.82. The molecule has 2 saturated carbocycles. The topological polar surface area (TPSA) is 65.4 Å². The van der Waals surface area contributed by atoms with Gasteiger partial charge >= 0.3 is 5.97 Å². The number of hydrogen-bond donors (Lipinski definition) is 0. The first kappa shape index (κ1) is 13.0. The predicted molar refractivity (Wildman–Crippen MR) is 68.7 cm³/mol. The van der Waals surface area contributed by atoms with E-state index in [0.717, 1.165) is 25.7 Å². The molecule has 19 heavy (non-hydrogen) atoms. The van der Waals surface area contributed by atoms with E-state index in [9.17, 15) is 13.2 Å². The summed E-state index contributed by atoms with van der Waals surface area (Å²) in [7, 11) is 1.50. The maximum absolute atomic E-state index is 12.0. The van der Waals surface area contributed by atoms with Gasteiger partial charge in [0.15, 0.2) is 0 Å². The molecule has 3 rings (SSSR count). The van der Waals surface area contributed by atoms with Gasteiger partial charge in [-0.1, -0.05) is 0 Å². The quantitative estimate of drug-likeness (QED) is 0.618. The maximum Gasteiger partial charge on any atom is 0.355 e. The van der Waals surface area contributed by atoms with E-state index in [-0.39, 0.29) is 16.6 Å². The minimum absolute atomic E-state index is 0.0422. The zero-order valence-corrected chi connectivity index (χ0v) is 11.8. The van der Waals surface area contributed by atoms with Crippen LogP contribution in [-0.4, -0.2) is 25.6 Å². The number of halogens is 1. The predicted octanol–water partition coefficient (Wildman–Crippen LogP) is 2.32. The van der Waals surface area contributed by atoms with E-state index in [1.165, 1.54) is 12.3 Å². The molecule has 0 bridgehead atoms. The van der Waals surface area contributed by atoms with E-state index >= 15 is 0 Å². The highest BCUT2D eigenvalue weighted by molar-refractivity contribution is 8.13. The van der Waals surface area contributed by atoms with Crippen molar-refractivity contribution in [3.63, 3.8) is 0 Å². The number of esters is 1. The Labute approximate surface area is 115 Å². The van der Waals surface area contributed by atoms with Gasteiger partial charge in [-0.25, -0.2) is 13.2 Å². The number of rotatable bonds is 5. The molecule has 0 atom stereocenters. The molecule has 2 fully saturated rings. The Morgan fingerprint density at radius 1 is 1.37 bits per heavy atom. The average Bonchev–Trinajstić information content (AvgIpc) is 3.23. The van der Waals surface area contributed by atoms with Crippen molar-refractivity contribution in [1.82, 2.24) is 4.57 Å². The van der Waals surface area contributed by atoms with Crippen molar-refractivity contribution in [2.24, 2.45) is 5.92 Å². The summed E-state index contributed by atoms with van der Waals surface area (Å²) in [6.07, 6.45) is 5.50. The molecule has 0 N–H and O–H groups in total. The highest BCUT2D eigenvalue weighted by Gasteiger charge is 2.31. The molecule has 0 saturated heterocycles. The van der Waals surface area contributed by atoms with Crippen molar-refractivity contribution < 1.29 is 17.9 Å². The number of aromatic nitrogens is 1. The van der Waals surface area contributed by atoms with E-state index in [0.29, 0.717) is 12.5 Å². The van der Waals surface area contributed by atoms with Gasteiger partial charge in [0, 0.05) is 22.9 Å². The van der Waals surface area contributed by atoms with Gasteiger partial charge in [0.2, 0.25) is 0 Å². The fraction of sp³-hybridized carbons (Fsp3) is 0.583. The second-order valence-corrected chi connectivity index (χ2v) is 7.75. The molecule has 0 aliphatic heterocycles. The Morgan fingerprint density at radius 2 is 2.05 bits per heavy atom. The monoisotopic (exact) mass is 303 g/mol. The Bertz CT molecular complexity index is 614. The molecule has 0 spiro atoms. The van der Waals surface area contributed by atoms with Gasteiger partial charge in [0.05, 0.1) is 6.61 Å². The van der Waals surface area contributed by atoms with Gasteiger partial charge in [0.25, 0.3) is 9.05 Å². The summed E-state index contributed by atoms with van der Waals surface area (Å²) in [5.41, 5.74) is 0.280. The van der Waals surface area contributed by atoms with Gasteiger partial charge in [-0.2, -0.15) is 0 Å². The summed E-state index contributed by atoms with van der Waals surface area (Å²) in [5, 5.41) is 0. The van der Waals surface area contributed by atoms with Crippen molar-refractivity contribution in [2.45, 2.75) is 36.6 Å². The maximum atomic E-state index is 12.0. The molecule has 2 aliphatic carbocycles. The third kappa shape index (κ3) is 2.95. The summed E-state index contributed by atoms with van der Waals surface area (Å²) in [6.45, 7) is 0.414. The number of nitrogens with zero attached hydrogens (tertiary/aromatic N) is 1.